The van der Waals surface area contributed by atoms with Gasteiger partial charge in [-0.05, 0) is 30.7 Å². The molecular weight excluding hydrogens is 376 g/mol. The molecule has 6 nitrogen and oxygen atoms in total. The van der Waals surface area contributed by atoms with Crippen LogP contribution in [0.4, 0.5) is 5.69 Å². The fraction of sp³-hybridized carbons (Fsp3) is 0.278. The maximum atomic E-state index is 12.2. The molecule has 140 valence electrons. The minimum atomic E-state index is -3.59. The normalized spacial score (nSPS) is 11.0. The van der Waals surface area contributed by atoms with Crippen molar-refractivity contribution in [2.24, 2.45) is 0 Å². The van der Waals surface area contributed by atoms with E-state index in [1.165, 1.54) is 0 Å². The highest BCUT2D eigenvalue weighted by atomic mass is 35.5. The van der Waals surface area contributed by atoms with Crippen molar-refractivity contribution in [2.75, 3.05) is 30.3 Å². The van der Waals surface area contributed by atoms with Gasteiger partial charge in [0.1, 0.15) is 18.9 Å². The molecule has 2 aromatic carbocycles. The molecule has 0 unspecified atom stereocenters. The summed E-state index contributed by atoms with van der Waals surface area (Å²) in [4.78, 5) is 12.2. The molecule has 2 aromatic rings. The summed E-state index contributed by atoms with van der Waals surface area (Å²) in [5.74, 6) is 0.113. The molecule has 0 aromatic heterocycles. The minimum absolute atomic E-state index is 0.221. The number of para-hydroxylation sites is 2. The van der Waals surface area contributed by atoms with Crippen molar-refractivity contribution in [3.8, 4) is 5.75 Å². The first kappa shape index (κ1) is 20.1. The largest absolute Gasteiger partial charge is 0.490 e. The molecule has 0 saturated carbocycles. The molecule has 1 amide bonds. The summed E-state index contributed by atoms with van der Waals surface area (Å²) in [5, 5.41) is 3.14. The number of sulfonamides is 1. The molecule has 0 saturated heterocycles. The van der Waals surface area contributed by atoms with Gasteiger partial charge in [0.15, 0.2) is 0 Å². The van der Waals surface area contributed by atoms with E-state index in [4.69, 9.17) is 16.3 Å². The topological polar surface area (TPSA) is 75.7 Å². The Morgan fingerprint density at radius 1 is 1.15 bits per heavy atom. The minimum Gasteiger partial charge on any atom is -0.490 e. The van der Waals surface area contributed by atoms with Crippen LogP contribution in [0.2, 0.25) is 5.02 Å². The number of amides is 1. The molecule has 0 aliphatic rings. The second-order valence-corrected chi connectivity index (χ2v) is 8.00. The van der Waals surface area contributed by atoms with Crippen LogP contribution in [-0.2, 0) is 14.8 Å². The molecule has 1 N–H and O–H groups in total. The lowest BCUT2D eigenvalue weighted by atomic mass is 10.2. The molecular formula is C18H21ClN2O4S. The van der Waals surface area contributed by atoms with Crippen LogP contribution < -0.4 is 14.4 Å². The fourth-order valence-corrected chi connectivity index (χ4v) is 3.43. The van der Waals surface area contributed by atoms with Crippen LogP contribution in [0.1, 0.15) is 5.56 Å². The Morgan fingerprint density at radius 2 is 1.81 bits per heavy atom. The summed E-state index contributed by atoms with van der Waals surface area (Å²) in [5.41, 5.74) is 1.25. The van der Waals surface area contributed by atoms with Crippen molar-refractivity contribution in [2.45, 2.75) is 6.92 Å². The zero-order chi connectivity index (χ0) is 19.2. The van der Waals surface area contributed by atoms with E-state index in [1.54, 1.807) is 49.4 Å². The molecule has 0 bridgehead atoms. The van der Waals surface area contributed by atoms with Crippen molar-refractivity contribution < 1.29 is 17.9 Å². The van der Waals surface area contributed by atoms with Gasteiger partial charge in [0.25, 0.3) is 0 Å². The average Bonchev–Trinajstić information content (AvgIpc) is 2.58. The quantitative estimate of drug-likeness (QED) is 0.696. The third-order valence-corrected chi connectivity index (χ3v) is 5.03. The second kappa shape index (κ2) is 8.91. The molecule has 26 heavy (non-hydrogen) atoms. The van der Waals surface area contributed by atoms with Gasteiger partial charge in [-0.2, -0.15) is 0 Å². The van der Waals surface area contributed by atoms with Gasteiger partial charge in [-0.25, -0.2) is 8.42 Å². The SMILES string of the molecule is Cc1ccccc1N(CC(=O)NCCOc1ccccc1Cl)S(C)(=O)=O. The standard InChI is InChI=1S/C18H21ClN2O4S/c1-14-7-3-5-9-16(14)21(26(2,23)24)13-18(22)20-11-12-25-17-10-6-4-8-15(17)19/h3-10H,11-13H2,1-2H3,(H,20,22). The number of benzene rings is 2. The number of hydrogen-bond acceptors (Lipinski definition) is 4. The highest BCUT2D eigenvalue weighted by Crippen LogP contribution is 2.23. The van der Waals surface area contributed by atoms with Crippen LogP contribution in [0.15, 0.2) is 48.5 Å². The van der Waals surface area contributed by atoms with Crippen molar-refractivity contribution in [1.29, 1.82) is 0 Å². The Hall–Kier alpha value is -2.25. The zero-order valence-electron chi connectivity index (χ0n) is 14.6. The van der Waals surface area contributed by atoms with E-state index >= 15 is 0 Å². The molecule has 8 heteroatoms. The van der Waals surface area contributed by atoms with E-state index in [1.807, 2.05) is 6.07 Å². The van der Waals surface area contributed by atoms with Crippen LogP contribution in [0.3, 0.4) is 0 Å². The molecule has 2 rings (SSSR count). The number of nitrogens with one attached hydrogen (secondary N) is 1. The van der Waals surface area contributed by atoms with Gasteiger partial charge in [-0.1, -0.05) is 41.9 Å². The molecule has 0 fully saturated rings. The lowest BCUT2D eigenvalue weighted by Gasteiger charge is -2.23. The Kier molecular flexibility index (Phi) is 6.88. The maximum Gasteiger partial charge on any atom is 0.240 e. The number of carbonyl (C=O) groups is 1. The average molecular weight is 397 g/mol. The van der Waals surface area contributed by atoms with Crippen LogP contribution >= 0.6 is 11.6 Å². The third-order valence-electron chi connectivity index (χ3n) is 3.59. The predicted molar refractivity (Wildman–Crippen MR) is 103 cm³/mol. The molecule has 0 aliphatic carbocycles. The van der Waals surface area contributed by atoms with E-state index in [0.29, 0.717) is 16.5 Å². The van der Waals surface area contributed by atoms with Crippen LogP contribution in [-0.4, -0.2) is 40.3 Å². The fourth-order valence-electron chi connectivity index (χ4n) is 2.32. The van der Waals surface area contributed by atoms with Gasteiger partial charge in [-0.3, -0.25) is 9.10 Å². The predicted octanol–water partition coefficient (Wildman–Crippen LogP) is 2.61. The zero-order valence-corrected chi connectivity index (χ0v) is 16.2. The molecule has 0 aliphatic heterocycles. The Morgan fingerprint density at radius 3 is 2.46 bits per heavy atom. The number of nitrogens with zero attached hydrogens (tertiary/aromatic N) is 1. The summed E-state index contributed by atoms with van der Waals surface area (Å²) >= 11 is 5.98. The monoisotopic (exact) mass is 396 g/mol. The van der Waals surface area contributed by atoms with E-state index in [0.717, 1.165) is 16.1 Å². The lowest BCUT2D eigenvalue weighted by molar-refractivity contribution is -0.119. The number of aryl methyl sites for hydroxylation is 1. The Labute approximate surface area is 158 Å². The number of rotatable bonds is 8. The molecule has 0 radical (unpaired) electrons. The van der Waals surface area contributed by atoms with Crippen molar-refractivity contribution in [1.82, 2.24) is 5.32 Å². The number of halogens is 1. The number of ether oxygens (including phenoxy) is 1. The number of anilines is 1. The van der Waals surface area contributed by atoms with Crippen LogP contribution in [0, 0.1) is 6.92 Å². The lowest BCUT2D eigenvalue weighted by Crippen LogP contribution is -2.41. The van der Waals surface area contributed by atoms with E-state index in [-0.39, 0.29) is 19.7 Å². The number of hydrogen-bond donors (Lipinski definition) is 1. The summed E-state index contributed by atoms with van der Waals surface area (Å²) in [6.45, 7) is 1.95. The highest BCUT2D eigenvalue weighted by Gasteiger charge is 2.21. The van der Waals surface area contributed by atoms with Gasteiger partial charge in [0.2, 0.25) is 15.9 Å². The van der Waals surface area contributed by atoms with Crippen LogP contribution in [0.25, 0.3) is 0 Å². The Bertz CT molecular complexity index is 871. The van der Waals surface area contributed by atoms with Gasteiger partial charge >= 0.3 is 0 Å². The first-order valence-electron chi connectivity index (χ1n) is 7.96. The van der Waals surface area contributed by atoms with E-state index in [9.17, 15) is 13.2 Å². The molecule has 0 heterocycles. The summed E-state index contributed by atoms with van der Waals surface area (Å²) in [6, 6.07) is 14.0. The first-order valence-corrected chi connectivity index (χ1v) is 10.2. The van der Waals surface area contributed by atoms with Gasteiger partial charge in [0, 0.05) is 0 Å². The van der Waals surface area contributed by atoms with Gasteiger partial charge in [-0.15, -0.1) is 0 Å². The van der Waals surface area contributed by atoms with E-state index in [2.05, 4.69) is 5.32 Å². The second-order valence-electron chi connectivity index (χ2n) is 5.68. The van der Waals surface area contributed by atoms with Crippen molar-refractivity contribution >= 4 is 33.2 Å². The molecule has 0 atom stereocenters. The summed E-state index contributed by atoms with van der Waals surface area (Å²) in [7, 11) is -3.59. The van der Waals surface area contributed by atoms with Gasteiger partial charge in [0.05, 0.1) is 23.5 Å². The maximum absolute atomic E-state index is 12.2. The summed E-state index contributed by atoms with van der Waals surface area (Å²) in [6.07, 6.45) is 1.08. The summed E-state index contributed by atoms with van der Waals surface area (Å²) < 4.78 is 30.7. The first-order chi connectivity index (χ1) is 12.3. The van der Waals surface area contributed by atoms with Crippen molar-refractivity contribution in [3.05, 3.63) is 59.1 Å². The highest BCUT2D eigenvalue weighted by molar-refractivity contribution is 7.92. The smallest absolute Gasteiger partial charge is 0.240 e. The van der Waals surface area contributed by atoms with E-state index < -0.39 is 15.9 Å². The Balaban J connectivity index is 1.92. The van der Waals surface area contributed by atoms with Gasteiger partial charge < -0.3 is 10.1 Å². The number of carbonyl (C=O) groups excluding carboxylic acids is 1. The van der Waals surface area contributed by atoms with Crippen molar-refractivity contribution in [3.63, 3.8) is 0 Å². The molecule has 0 spiro atoms. The van der Waals surface area contributed by atoms with Crippen LogP contribution in [0.5, 0.6) is 5.75 Å². The third kappa shape index (κ3) is 5.64.